The molecule has 0 heterocycles. The average Bonchev–Trinajstić information content (AvgIpc) is 2.02. The first-order valence-corrected chi connectivity index (χ1v) is 6.41. The van der Waals surface area contributed by atoms with E-state index in [0.717, 1.165) is 11.8 Å². The maximum Gasteiger partial charge on any atom is 0.265 e. The molecule has 14 heavy (non-hydrogen) atoms. The number of rotatable bonds is 4. The van der Waals surface area contributed by atoms with Gasteiger partial charge in [-0.25, -0.2) is 0 Å². The van der Waals surface area contributed by atoms with E-state index in [1.54, 1.807) is 0 Å². The zero-order valence-electron chi connectivity index (χ0n) is 7.75. The predicted molar refractivity (Wildman–Crippen MR) is 58.8 cm³/mol. The van der Waals surface area contributed by atoms with Gasteiger partial charge in [-0.1, -0.05) is 30.3 Å². The Morgan fingerprint density at radius 2 is 1.93 bits per heavy atom. The van der Waals surface area contributed by atoms with Crippen LogP contribution in [-0.2, 0) is 20.7 Å². The summed E-state index contributed by atoms with van der Waals surface area (Å²) in [6.45, 7) is 0. The summed E-state index contributed by atoms with van der Waals surface area (Å²) in [5.74, 6) is 0. The molecule has 0 aromatic heterocycles. The lowest BCUT2D eigenvalue weighted by Crippen LogP contribution is -2.14. The molecule has 0 aliphatic rings. The molecule has 0 radical (unpaired) electrons. The van der Waals surface area contributed by atoms with E-state index < -0.39 is 15.6 Å². The van der Waals surface area contributed by atoms with Crippen molar-refractivity contribution in [3.63, 3.8) is 0 Å². The van der Waals surface area contributed by atoms with Crippen molar-refractivity contribution < 1.29 is 12.6 Å². The Kier molecular flexibility index (Phi) is 3.97. The van der Waals surface area contributed by atoms with Gasteiger partial charge < -0.3 is 0 Å². The Morgan fingerprint density at radius 1 is 1.36 bits per heavy atom. The molecule has 0 spiro atoms. The van der Waals surface area contributed by atoms with Crippen LogP contribution < -0.4 is 0 Å². The van der Waals surface area contributed by atoms with Gasteiger partial charge in [0.1, 0.15) is 5.44 Å². The standard InChI is InChI=1S/C9H12O3S2/c1-14(10,11)12-9(13)7-8-5-3-2-4-6-8/h2-6,9,13H,7H2,1H3. The van der Waals surface area contributed by atoms with E-state index in [0.29, 0.717) is 6.42 Å². The van der Waals surface area contributed by atoms with E-state index in [9.17, 15) is 8.42 Å². The summed E-state index contributed by atoms with van der Waals surface area (Å²) in [5.41, 5.74) is 0.378. The van der Waals surface area contributed by atoms with Crippen molar-refractivity contribution in [3.8, 4) is 0 Å². The maximum atomic E-state index is 10.8. The second kappa shape index (κ2) is 4.82. The van der Waals surface area contributed by atoms with E-state index in [2.05, 4.69) is 16.8 Å². The van der Waals surface area contributed by atoms with Crippen molar-refractivity contribution in [2.75, 3.05) is 6.26 Å². The predicted octanol–water partition coefficient (Wildman–Crippen LogP) is 1.46. The summed E-state index contributed by atoms with van der Waals surface area (Å²) in [4.78, 5) is 0. The van der Waals surface area contributed by atoms with E-state index in [1.165, 1.54) is 0 Å². The molecule has 78 valence electrons. The van der Waals surface area contributed by atoms with Gasteiger partial charge in [0.05, 0.1) is 6.26 Å². The first-order valence-electron chi connectivity index (χ1n) is 4.07. The molecular weight excluding hydrogens is 220 g/mol. The molecular formula is C9H12O3S2. The normalized spacial score (nSPS) is 13.9. The van der Waals surface area contributed by atoms with Crippen molar-refractivity contribution in [2.45, 2.75) is 11.9 Å². The Morgan fingerprint density at radius 3 is 2.43 bits per heavy atom. The third kappa shape index (κ3) is 4.64. The quantitative estimate of drug-likeness (QED) is 0.485. The third-order valence-corrected chi connectivity index (χ3v) is 2.55. The molecule has 1 aromatic carbocycles. The second-order valence-electron chi connectivity index (χ2n) is 2.94. The summed E-state index contributed by atoms with van der Waals surface area (Å²) in [5, 5.41) is 0. The summed E-state index contributed by atoms with van der Waals surface area (Å²) >= 11 is 4.03. The Bertz CT molecular complexity index is 372. The molecule has 0 aliphatic carbocycles. The van der Waals surface area contributed by atoms with Crippen molar-refractivity contribution >= 4 is 22.7 Å². The first-order chi connectivity index (χ1) is 6.47. The Labute approximate surface area is 89.6 Å². The Hall–Kier alpha value is -0.520. The van der Waals surface area contributed by atoms with Crippen LogP contribution in [0.1, 0.15) is 5.56 Å². The molecule has 1 aromatic rings. The Balaban J connectivity index is 2.54. The number of hydrogen-bond acceptors (Lipinski definition) is 4. The monoisotopic (exact) mass is 232 g/mol. The largest absolute Gasteiger partial charge is 0.265 e. The van der Waals surface area contributed by atoms with Gasteiger partial charge in [-0.2, -0.15) is 8.42 Å². The topological polar surface area (TPSA) is 43.4 Å². The average molecular weight is 232 g/mol. The van der Waals surface area contributed by atoms with Crippen LogP contribution in [-0.4, -0.2) is 20.1 Å². The van der Waals surface area contributed by atoms with Crippen LogP contribution in [0.3, 0.4) is 0 Å². The molecule has 1 unspecified atom stereocenters. The fourth-order valence-corrected chi connectivity index (χ4v) is 2.20. The highest BCUT2D eigenvalue weighted by atomic mass is 32.2. The number of hydrogen-bond donors (Lipinski definition) is 1. The van der Waals surface area contributed by atoms with Crippen LogP contribution in [0.15, 0.2) is 30.3 Å². The van der Waals surface area contributed by atoms with Crippen LogP contribution in [0.2, 0.25) is 0 Å². The van der Waals surface area contributed by atoms with Crippen molar-refractivity contribution in [3.05, 3.63) is 35.9 Å². The van der Waals surface area contributed by atoms with Gasteiger partial charge in [0, 0.05) is 6.42 Å². The zero-order valence-corrected chi connectivity index (χ0v) is 9.46. The van der Waals surface area contributed by atoms with Gasteiger partial charge in [-0.3, -0.25) is 4.18 Å². The highest BCUT2D eigenvalue weighted by Crippen LogP contribution is 2.10. The summed E-state index contributed by atoms with van der Waals surface area (Å²) in [7, 11) is -3.42. The summed E-state index contributed by atoms with van der Waals surface area (Å²) in [6, 6.07) is 9.46. The molecule has 0 amide bonds. The second-order valence-corrected chi connectivity index (χ2v) is 5.12. The van der Waals surface area contributed by atoms with Crippen molar-refractivity contribution in [2.24, 2.45) is 0 Å². The minimum Gasteiger partial charge on any atom is -0.256 e. The highest BCUT2D eigenvalue weighted by Gasteiger charge is 2.11. The van der Waals surface area contributed by atoms with Gasteiger partial charge in [-0.15, -0.1) is 12.6 Å². The van der Waals surface area contributed by atoms with Crippen molar-refractivity contribution in [1.29, 1.82) is 0 Å². The molecule has 1 atom stereocenters. The van der Waals surface area contributed by atoms with Crippen LogP contribution >= 0.6 is 12.6 Å². The minimum absolute atomic E-state index is 0.469. The van der Waals surface area contributed by atoms with Crippen LogP contribution in [0.25, 0.3) is 0 Å². The van der Waals surface area contributed by atoms with Gasteiger partial charge in [0.15, 0.2) is 0 Å². The van der Waals surface area contributed by atoms with Gasteiger partial charge in [0.2, 0.25) is 0 Å². The van der Waals surface area contributed by atoms with Gasteiger partial charge in [0.25, 0.3) is 10.1 Å². The summed E-state index contributed by atoms with van der Waals surface area (Å²) < 4.78 is 26.2. The molecule has 1 rings (SSSR count). The fraction of sp³-hybridized carbons (Fsp3) is 0.333. The van der Waals surface area contributed by atoms with E-state index >= 15 is 0 Å². The van der Waals surface area contributed by atoms with Gasteiger partial charge in [-0.05, 0) is 5.56 Å². The molecule has 0 bridgehead atoms. The maximum absolute atomic E-state index is 10.8. The molecule has 0 N–H and O–H groups in total. The fourth-order valence-electron chi connectivity index (χ4n) is 1.05. The van der Waals surface area contributed by atoms with Crippen molar-refractivity contribution in [1.82, 2.24) is 0 Å². The van der Waals surface area contributed by atoms with E-state index in [-0.39, 0.29) is 0 Å². The third-order valence-electron chi connectivity index (χ3n) is 1.54. The molecule has 0 saturated heterocycles. The lowest BCUT2D eigenvalue weighted by atomic mass is 10.2. The molecule has 3 nitrogen and oxygen atoms in total. The number of thiol groups is 1. The first kappa shape index (κ1) is 11.6. The molecule has 0 saturated carbocycles. The minimum atomic E-state index is -3.42. The van der Waals surface area contributed by atoms with Crippen LogP contribution in [0, 0.1) is 0 Å². The number of benzene rings is 1. The molecule has 0 fully saturated rings. The van der Waals surface area contributed by atoms with Crippen LogP contribution in [0.4, 0.5) is 0 Å². The summed E-state index contributed by atoms with van der Waals surface area (Å²) in [6.07, 6.45) is 1.48. The molecule has 0 aliphatic heterocycles. The van der Waals surface area contributed by atoms with Gasteiger partial charge >= 0.3 is 0 Å². The van der Waals surface area contributed by atoms with E-state index in [4.69, 9.17) is 0 Å². The van der Waals surface area contributed by atoms with E-state index in [1.807, 2.05) is 30.3 Å². The lowest BCUT2D eigenvalue weighted by Gasteiger charge is -2.09. The smallest absolute Gasteiger partial charge is 0.256 e. The SMILES string of the molecule is CS(=O)(=O)OC(S)Cc1ccccc1. The zero-order chi connectivity index (χ0) is 10.6. The van der Waals surface area contributed by atoms with Crippen LogP contribution in [0.5, 0.6) is 0 Å². The highest BCUT2D eigenvalue weighted by molar-refractivity contribution is 7.87. The molecule has 5 heteroatoms. The lowest BCUT2D eigenvalue weighted by molar-refractivity contribution is 0.297.